The van der Waals surface area contributed by atoms with Gasteiger partial charge >= 0.3 is 0 Å². The molecule has 0 spiro atoms. The Balaban J connectivity index is 1.45. The second kappa shape index (κ2) is 11.3. The summed E-state index contributed by atoms with van der Waals surface area (Å²) in [7, 11) is -3.89. The number of carbonyl (C=O) groups is 1. The molecule has 4 rings (SSSR count). The zero-order valence-electron chi connectivity index (χ0n) is 20.1. The summed E-state index contributed by atoms with van der Waals surface area (Å²) in [6.45, 7) is 3.57. The number of carbonyl (C=O) groups excluding carboxylic acids is 1. The molecule has 1 aromatic heterocycles. The van der Waals surface area contributed by atoms with Crippen molar-refractivity contribution >= 4 is 38.5 Å². The van der Waals surface area contributed by atoms with E-state index < -0.39 is 10.1 Å². The minimum Gasteiger partial charge on any atom is -0.490 e. The summed E-state index contributed by atoms with van der Waals surface area (Å²) in [5.74, 6) is 0.826. The first-order valence-corrected chi connectivity index (χ1v) is 13.5. The molecule has 0 aliphatic heterocycles. The first-order valence-electron chi connectivity index (χ1n) is 11.7. The lowest BCUT2D eigenvalue weighted by Gasteiger charge is -2.11. The van der Waals surface area contributed by atoms with Crippen LogP contribution in [-0.4, -0.2) is 27.4 Å². The molecule has 0 aliphatic carbocycles. The fourth-order valence-electron chi connectivity index (χ4n) is 3.96. The Labute approximate surface area is 215 Å². The molecule has 1 heterocycles. The standard InChI is InChI=1S/C28H27ClO6S/c1-3-4-11-25-27(21-10-6-7-12-23(21)35-25)28(30)20-14-15-24(22(29)18-20)33-16-17-34-36(31,32)26-13-8-5-9-19(26)2/h5-10,12-15,18H,3-4,11,16-17H2,1-2H3. The lowest BCUT2D eigenvalue weighted by Crippen LogP contribution is -2.14. The number of rotatable bonds is 11. The van der Waals surface area contributed by atoms with Crippen molar-refractivity contribution in [3.8, 4) is 5.75 Å². The maximum atomic E-state index is 13.5. The number of halogens is 1. The molecule has 0 fully saturated rings. The van der Waals surface area contributed by atoms with Crippen molar-refractivity contribution in [3.05, 3.63) is 94.2 Å². The summed E-state index contributed by atoms with van der Waals surface area (Å²) >= 11 is 6.40. The highest BCUT2D eigenvalue weighted by molar-refractivity contribution is 7.86. The largest absolute Gasteiger partial charge is 0.490 e. The number of aryl methyl sites for hydroxylation is 2. The molecule has 3 aromatic carbocycles. The van der Waals surface area contributed by atoms with Gasteiger partial charge in [-0.3, -0.25) is 8.98 Å². The van der Waals surface area contributed by atoms with Gasteiger partial charge in [-0.2, -0.15) is 8.42 Å². The van der Waals surface area contributed by atoms with Crippen molar-refractivity contribution in [2.45, 2.75) is 38.0 Å². The highest BCUT2D eigenvalue weighted by Crippen LogP contribution is 2.32. The third-order valence-corrected chi connectivity index (χ3v) is 7.56. The summed E-state index contributed by atoms with van der Waals surface area (Å²) < 4.78 is 41.5. The van der Waals surface area contributed by atoms with E-state index in [0.29, 0.717) is 40.2 Å². The van der Waals surface area contributed by atoms with E-state index in [2.05, 4.69) is 6.92 Å². The van der Waals surface area contributed by atoms with Gasteiger partial charge in [-0.25, -0.2) is 0 Å². The van der Waals surface area contributed by atoms with E-state index in [9.17, 15) is 13.2 Å². The first kappa shape index (κ1) is 25.9. The predicted molar refractivity (Wildman–Crippen MR) is 140 cm³/mol. The quantitative estimate of drug-likeness (QED) is 0.122. The van der Waals surface area contributed by atoms with Crippen LogP contribution >= 0.6 is 11.6 Å². The van der Waals surface area contributed by atoms with Crippen LogP contribution in [0, 0.1) is 6.92 Å². The third-order valence-electron chi connectivity index (χ3n) is 5.79. The molecular formula is C28H27ClO6S. The van der Waals surface area contributed by atoms with E-state index in [1.807, 2.05) is 24.3 Å². The second-order valence-corrected chi connectivity index (χ2v) is 10.4. The van der Waals surface area contributed by atoms with E-state index in [-0.39, 0.29) is 28.9 Å². The van der Waals surface area contributed by atoms with Crippen LogP contribution in [0.2, 0.25) is 5.02 Å². The molecule has 0 amide bonds. The van der Waals surface area contributed by atoms with Gasteiger partial charge < -0.3 is 9.15 Å². The average Bonchev–Trinajstić information content (AvgIpc) is 3.24. The number of para-hydroxylation sites is 1. The van der Waals surface area contributed by atoms with E-state index in [1.165, 1.54) is 6.07 Å². The molecular weight excluding hydrogens is 500 g/mol. The number of hydrogen-bond donors (Lipinski definition) is 0. The highest BCUT2D eigenvalue weighted by atomic mass is 35.5. The van der Waals surface area contributed by atoms with Crippen molar-refractivity contribution in [1.82, 2.24) is 0 Å². The Bertz CT molecular complexity index is 1490. The molecule has 0 saturated heterocycles. The zero-order chi connectivity index (χ0) is 25.7. The molecule has 8 heteroatoms. The molecule has 4 aromatic rings. The molecule has 36 heavy (non-hydrogen) atoms. The molecule has 0 unspecified atom stereocenters. The van der Waals surface area contributed by atoms with E-state index in [4.69, 9.17) is 24.9 Å². The Morgan fingerprint density at radius 3 is 2.50 bits per heavy atom. The summed E-state index contributed by atoms with van der Waals surface area (Å²) in [6.07, 6.45) is 2.57. The average molecular weight is 527 g/mol. The van der Waals surface area contributed by atoms with Gasteiger partial charge in [0.15, 0.2) is 5.78 Å². The Morgan fingerprint density at radius 2 is 1.75 bits per heavy atom. The molecule has 0 aliphatic rings. The van der Waals surface area contributed by atoms with Gasteiger partial charge in [0.25, 0.3) is 10.1 Å². The normalized spacial score (nSPS) is 11.6. The number of ketones is 1. The number of hydrogen-bond acceptors (Lipinski definition) is 6. The molecule has 0 radical (unpaired) electrons. The van der Waals surface area contributed by atoms with Crippen molar-refractivity contribution in [1.29, 1.82) is 0 Å². The monoisotopic (exact) mass is 526 g/mol. The molecule has 6 nitrogen and oxygen atoms in total. The van der Waals surface area contributed by atoms with Gasteiger partial charge in [-0.1, -0.05) is 61.3 Å². The van der Waals surface area contributed by atoms with Crippen LogP contribution in [-0.2, 0) is 20.7 Å². The van der Waals surface area contributed by atoms with Crippen LogP contribution in [0.25, 0.3) is 11.0 Å². The Kier molecular flexibility index (Phi) is 8.14. The molecule has 0 N–H and O–H groups in total. The number of fused-ring (bicyclic) bond motifs is 1. The highest BCUT2D eigenvalue weighted by Gasteiger charge is 2.22. The van der Waals surface area contributed by atoms with Crippen molar-refractivity contribution in [2.24, 2.45) is 0 Å². The summed E-state index contributed by atoms with van der Waals surface area (Å²) in [5.41, 5.74) is 2.25. The van der Waals surface area contributed by atoms with Crippen LogP contribution in [0.15, 0.2) is 76.0 Å². The lowest BCUT2D eigenvalue weighted by molar-refractivity contribution is 0.103. The van der Waals surface area contributed by atoms with E-state index in [0.717, 1.165) is 18.2 Å². The molecule has 188 valence electrons. The van der Waals surface area contributed by atoms with Crippen LogP contribution < -0.4 is 4.74 Å². The topological polar surface area (TPSA) is 82.8 Å². The first-order chi connectivity index (χ1) is 17.3. The molecule has 0 bridgehead atoms. The smallest absolute Gasteiger partial charge is 0.297 e. The Morgan fingerprint density at radius 1 is 1.00 bits per heavy atom. The number of benzene rings is 3. The summed E-state index contributed by atoms with van der Waals surface area (Å²) in [4.78, 5) is 13.6. The van der Waals surface area contributed by atoms with Gasteiger partial charge in [0, 0.05) is 17.4 Å². The van der Waals surface area contributed by atoms with Crippen LogP contribution in [0.1, 0.15) is 47.0 Å². The number of furan rings is 1. The van der Waals surface area contributed by atoms with Crippen molar-refractivity contribution < 1.29 is 26.5 Å². The fraction of sp³-hybridized carbons (Fsp3) is 0.250. The minimum absolute atomic E-state index is 0.0361. The molecule has 0 saturated carbocycles. The van der Waals surface area contributed by atoms with Crippen molar-refractivity contribution in [3.63, 3.8) is 0 Å². The fourth-order valence-corrected chi connectivity index (χ4v) is 5.31. The van der Waals surface area contributed by atoms with Gasteiger partial charge in [-0.15, -0.1) is 0 Å². The number of ether oxygens (including phenoxy) is 1. The van der Waals surface area contributed by atoms with E-state index in [1.54, 1.807) is 43.3 Å². The molecule has 0 atom stereocenters. The Hall–Kier alpha value is -3.13. The van der Waals surface area contributed by atoms with Crippen LogP contribution in [0.5, 0.6) is 5.75 Å². The van der Waals surface area contributed by atoms with Gasteiger partial charge in [0.2, 0.25) is 0 Å². The summed E-state index contributed by atoms with van der Waals surface area (Å²) in [5, 5.41) is 1.02. The van der Waals surface area contributed by atoms with Gasteiger partial charge in [0.05, 0.1) is 15.5 Å². The van der Waals surface area contributed by atoms with Crippen LogP contribution in [0.3, 0.4) is 0 Å². The second-order valence-electron chi connectivity index (χ2n) is 8.36. The zero-order valence-corrected chi connectivity index (χ0v) is 21.7. The summed E-state index contributed by atoms with van der Waals surface area (Å²) in [6, 6.07) is 18.9. The maximum Gasteiger partial charge on any atom is 0.297 e. The third kappa shape index (κ3) is 5.64. The lowest BCUT2D eigenvalue weighted by atomic mass is 9.98. The van der Waals surface area contributed by atoms with Gasteiger partial charge in [-0.05, 0) is 49.2 Å². The maximum absolute atomic E-state index is 13.5. The van der Waals surface area contributed by atoms with Crippen LogP contribution in [0.4, 0.5) is 0 Å². The van der Waals surface area contributed by atoms with Gasteiger partial charge in [0.1, 0.15) is 30.3 Å². The van der Waals surface area contributed by atoms with E-state index >= 15 is 0 Å². The minimum atomic E-state index is -3.89. The SMILES string of the molecule is CCCCc1oc2ccccc2c1C(=O)c1ccc(OCCOS(=O)(=O)c2ccccc2C)c(Cl)c1. The van der Waals surface area contributed by atoms with Crippen molar-refractivity contribution in [2.75, 3.05) is 13.2 Å². The number of unbranched alkanes of at least 4 members (excludes halogenated alkanes) is 1. The predicted octanol–water partition coefficient (Wildman–Crippen LogP) is 6.75.